The number of unbranched alkanes of at least 4 members (excludes halogenated alkanes) is 3. The van der Waals surface area contributed by atoms with Gasteiger partial charge in [-0.1, -0.05) is 12.8 Å². The Balaban J connectivity index is 0. The van der Waals surface area contributed by atoms with E-state index in [4.69, 9.17) is 0 Å². The van der Waals surface area contributed by atoms with Crippen molar-refractivity contribution in [1.29, 1.82) is 0 Å². The van der Waals surface area contributed by atoms with Gasteiger partial charge in [0.05, 0.1) is 26.2 Å². The van der Waals surface area contributed by atoms with Crippen LogP contribution in [0.1, 0.15) is 66.2 Å². The molecule has 4 nitrogen and oxygen atoms in total. The molecule has 0 amide bonds. The Morgan fingerprint density at radius 1 is 0.731 bits per heavy atom. The number of hydrogen-bond donors (Lipinski definition) is 0. The minimum absolute atomic E-state index is 0.0290. The van der Waals surface area contributed by atoms with E-state index < -0.39 is 34.4 Å². The molecular weight excluding hydrogens is 381 g/mol. The molecule has 0 unspecified atom stereocenters. The second-order valence-electron chi connectivity index (χ2n) is 6.23. The Morgan fingerprint density at radius 3 is 1.31 bits per heavy atom. The molecule has 0 fully saturated rings. The van der Waals surface area contributed by atoms with Crippen molar-refractivity contribution in [3.8, 4) is 0 Å². The molecule has 0 atom stereocenters. The predicted molar refractivity (Wildman–Crippen MR) is 90.8 cm³/mol. The Hall–Kier alpha value is -0.480. The fourth-order valence-electron chi connectivity index (χ4n) is 2.48. The summed E-state index contributed by atoms with van der Waals surface area (Å²) in [6, 6.07) is 0. The van der Waals surface area contributed by atoms with Gasteiger partial charge in [0.1, 0.15) is 0 Å². The van der Waals surface area contributed by atoms with Crippen LogP contribution in [0.25, 0.3) is 0 Å². The van der Waals surface area contributed by atoms with Gasteiger partial charge >= 0.3 is 11.4 Å². The number of nitrogens with zero attached hydrogens (tertiary/aromatic N) is 1. The standard InChI is InChI=1S/C8H13F5O3S.C8H20N/c9-7(10,11)5-3-1-2-4-6-8(12,13)17(14,15)16;1-5-9(6-2,7-3)8-4/h1-6H2,(H,14,15,16);5-8H2,1-4H3/q;+1/p-1. The maximum Gasteiger partial charge on any atom is 0.389 e. The van der Waals surface area contributed by atoms with Crippen molar-refractivity contribution < 1.29 is 39.4 Å². The zero-order valence-electron chi connectivity index (χ0n) is 16.0. The maximum atomic E-state index is 12.5. The second-order valence-corrected chi connectivity index (χ2v) is 7.73. The average Bonchev–Trinajstić information content (AvgIpc) is 2.52. The second kappa shape index (κ2) is 12.1. The van der Waals surface area contributed by atoms with E-state index in [1.54, 1.807) is 0 Å². The molecule has 0 aromatic carbocycles. The van der Waals surface area contributed by atoms with Crippen LogP contribution in [-0.2, 0) is 10.1 Å². The first-order valence-corrected chi connectivity index (χ1v) is 10.4. The van der Waals surface area contributed by atoms with Crippen LogP contribution in [0, 0.1) is 0 Å². The highest BCUT2D eigenvalue weighted by atomic mass is 32.2. The SMILES string of the molecule is CC[N+](CC)(CC)CC.O=S(=O)([O-])C(F)(F)CCCCCCC(F)(F)F. The predicted octanol–water partition coefficient (Wildman–Crippen LogP) is 4.91. The van der Waals surface area contributed by atoms with Gasteiger partial charge in [-0.25, -0.2) is 8.42 Å². The van der Waals surface area contributed by atoms with Crippen molar-refractivity contribution in [2.24, 2.45) is 0 Å². The van der Waals surface area contributed by atoms with Gasteiger partial charge in [0.15, 0.2) is 10.1 Å². The molecular formula is C16H32F5NO3S. The number of alkyl halides is 5. The van der Waals surface area contributed by atoms with E-state index in [9.17, 15) is 34.9 Å². The molecule has 0 rings (SSSR count). The minimum atomic E-state index is -5.68. The van der Waals surface area contributed by atoms with Gasteiger partial charge in [-0.3, -0.25) is 0 Å². The Kier molecular flexibility index (Phi) is 12.9. The van der Waals surface area contributed by atoms with Crippen LogP contribution in [0.4, 0.5) is 22.0 Å². The molecule has 0 saturated heterocycles. The van der Waals surface area contributed by atoms with Crippen molar-refractivity contribution in [3.05, 3.63) is 0 Å². The van der Waals surface area contributed by atoms with Crippen molar-refractivity contribution >= 4 is 10.1 Å². The molecule has 0 radical (unpaired) electrons. The summed E-state index contributed by atoms with van der Waals surface area (Å²) < 4.78 is 91.5. The van der Waals surface area contributed by atoms with Gasteiger partial charge in [0.25, 0.3) is 0 Å². The molecule has 160 valence electrons. The Labute approximate surface area is 154 Å². The van der Waals surface area contributed by atoms with E-state index in [2.05, 4.69) is 27.7 Å². The average molecular weight is 413 g/mol. The third-order valence-electron chi connectivity index (χ3n) is 4.73. The first-order chi connectivity index (χ1) is 11.7. The molecule has 0 aliphatic heterocycles. The lowest BCUT2D eigenvalue weighted by Gasteiger charge is -2.34. The Morgan fingerprint density at radius 2 is 1.08 bits per heavy atom. The van der Waals surface area contributed by atoms with Gasteiger partial charge in [0.2, 0.25) is 0 Å². The van der Waals surface area contributed by atoms with Crippen LogP contribution in [0.2, 0.25) is 0 Å². The lowest BCUT2D eigenvalue weighted by atomic mass is 10.1. The van der Waals surface area contributed by atoms with E-state index in [0.29, 0.717) is 0 Å². The minimum Gasteiger partial charge on any atom is -0.743 e. The highest BCUT2D eigenvalue weighted by Gasteiger charge is 2.36. The van der Waals surface area contributed by atoms with Crippen LogP contribution in [-0.4, -0.2) is 55.1 Å². The summed E-state index contributed by atoms with van der Waals surface area (Å²) in [5, 5.41) is -4.34. The maximum absolute atomic E-state index is 12.5. The molecule has 0 spiro atoms. The van der Waals surface area contributed by atoms with Gasteiger partial charge < -0.3 is 9.04 Å². The number of hydrogen-bond acceptors (Lipinski definition) is 3. The first-order valence-electron chi connectivity index (χ1n) is 8.95. The van der Waals surface area contributed by atoms with Gasteiger partial charge in [-0.05, 0) is 40.5 Å². The summed E-state index contributed by atoms with van der Waals surface area (Å²) in [7, 11) is -5.68. The molecule has 0 saturated carbocycles. The van der Waals surface area contributed by atoms with E-state index in [1.807, 2.05) is 0 Å². The fourth-order valence-corrected chi connectivity index (χ4v) is 2.87. The highest BCUT2D eigenvalue weighted by Crippen LogP contribution is 2.28. The van der Waals surface area contributed by atoms with Crippen molar-refractivity contribution in [3.63, 3.8) is 0 Å². The summed E-state index contributed by atoms with van der Waals surface area (Å²) in [5.41, 5.74) is 0. The molecule has 0 heterocycles. The van der Waals surface area contributed by atoms with Crippen molar-refractivity contribution in [2.45, 2.75) is 77.7 Å². The lowest BCUT2D eigenvalue weighted by Crippen LogP contribution is -2.47. The molecule has 0 aliphatic carbocycles. The topological polar surface area (TPSA) is 57.2 Å². The first kappa shape index (κ1) is 27.7. The number of quaternary nitrogens is 1. The van der Waals surface area contributed by atoms with Crippen LogP contribution in [0.3, 0.4) is 0 Å². The molecule has 0 N–H and O–H groups in total. The lowest BCUT2D eigenvalue weighted by molar-refractivity contribution is -0.921. The molecule has 0 aromatic heterocycles. The van der Waals surface area contributed by atoms with Gasteiger partial charge in [-0.2, -0.15) is 22.0 Å². The summed E-state index contributed by atoms with van der Waals surface area (Å²) in [5.74, 6) is 0. The van der Waals surface area contributed by atoms with E-state index in [0.717, 1.165) is 0 Å². The summed E-state index contributed by atoms with van der Waals surface area (Å²) in [6.45, 7) is 14.2. The van der Waals surface area contributed by atoms with Crippen molar-refractivity contribution in [1.82, 2.24) is 0 Å². The van der Waals surface area contributed by atoms with Crippen LogP contribution >= 0.6 is 0 Å². The van der Waals surface area contributed by atoms with E-state index in [1.165, 1.54) is 30.7 Å². The monoisotopic (exact) mass is 413 g/mol. The highest BCUT2D eigenvalue weighted by molar-refractivity contribution is 7.86. The third kappa shape index (κ3) is 12.0. The van der Waals surface area contributed by atoms with Gasteiger partial charge in [0, 0.05) is 12.8 Å². The van der Waals surface area contributed by atoms with E-state index >= 15 is 0 Å². The molecule has 10 heteroatoms. The summed E-state index contributed by atoms with van der Waals surface area (Å²) in [6.07, 6.45) is -6.82. The third-order valence-corrected chi connectivity index (χ3v) is 5.66. The molecule has 0 bridgehead atoms. The zero-order valence-corrected chi connectivity index (χ0v) is 16.9. The zero-order chi connectivity index (χ0) is 21.1. The van der Waals surface area contributed by atoms with Gasteiger partial charge in [-0.15, -0.1) is 0 Å². The fraction of sp³-hybridized carbons (Fsp3) is 1.00. The molecule has 0 aromatic rings. The summed E-state index contributed by atoms with van der Waals surface area (Å²) >= 11 is 0. The smallest absolute Gasteiger partial charge is 0.389 e. The quantitative estimate of drug-likeness (QED) is 0.209. The molecule has 0 aliphatic rings. The summed E-state index contributed by atoms with van der Waals surface area (Å²) in [4.78, 5) is 0. The van der Waals surface area contributed by atoms with Crippen LogP contribution in [0.15, 0.2) is 0 Å². The Bertz CT molecular complexity index is 445. The van der Waals surface area contributed by atoms with Crippen LogP contribution in [0.5, 0.6) is 0 Å². The number of rotatable bonds is 11. The molecule has 26 heavy (non-hydrogen) atoms. The van der Waals surface area contributed by atoms with Crippen molar-refractivity contribution in [2.75, 3.05) is 26.2 Å². The van der Waals surface area contributed by atoms with E-state index in [-0.39, 0.29) is 25.7 Å². The largest absolute Gasteiger partial charge is 0.743 e. The van der Waals surface area contributed by atoms with Crippen LogP contribution < -0.4 is 0 Å². The normalized spacial score (nSPS) is 13.3. The number of halogens is 5.